The quantitative estimate of drug-likeness (QED) is 0.661. The summed E-state index contributed by atoms with van der Waals surface area (Å²) in [6.07, 6.45) is 1.69. The Bertz CT molecular complexity index is 302. The highest BCUT2D eigenvalue weighted by Gasteiger charge is 2.45. The molecular formula is C12H22N2O3. The van der Waals surface area contributed by atoms with Gasteiger partial charge in [-0.3, -0.25) is 4.79 Å². The van der Waals surface area contributed by atoms with E-state index in [0.717, 1.165) is 6.42 Å². The van der Waals surface area contributed by atoms with Crippen LogP contribution in [0.3, 0.4) is 0 Å². The third-order valence-corrected chi connectivity index (χ3v) is 3.40. The lowest BCUT2D eigenvalue weighted by atomic mass is 10.1. The maximum absolute atomic E-state index is 11.5. The first-order valence-corrected chi connectivity index (χ1v) is 6.07. The zero-order valence-corrected chi connectivity index (χ0v) is 10.7. The Morgan fingerprint density at radius 2 is 2.06 bits per heavy atom. The number of rotatable bonds is 6. The SMILES string of the molecule is CC(CCC(=O)O)NC(=O)NCC1CC1(C)C. The summed E-state index contributed by atoms with van der Waals surface area (Å²) >= 11 is 0. The Hall–Kier alpha value is -1.26. The molecule has 1 aliphatic carbocycles. The van der Waals surface area contributed by atoms with E-state index in [4.69, 9.17) is 5.11 Å². The number of carboxylic acids is 1. The average Bonchev–Trinajstić information content (AvgIpc) is 2.80. The number of carboxylic acid groups (broad SMARTS) is 1. The van der Waals surface area contributed by atoms with Crippen LogP contribution in [-0.4, -0.2) is 29.7 Å². The van der Waals surface area contributed by atoms with Gasteiger partial charge < -0.3 is 15.7 Å². The number of carbonyl (C=O) groups excluding carboxylic acids is 1. The molecule has 0 bridgehead atoms. The minimum absolute atomic E-state index is 0.0805. The molecule has 0 heterocycles. The van der Waals surface area contributed by atoms with Gasteiger partial charge in [-0.05, 0) is 31.1 Å². The fourth-order valence-electron chi connectivity index (χ4n) is 1.83. The van der Waals surface area contributed by atoms with Crippen molar-refractivity contribution in [2.24, 2.45) is 11.3 Å². The fourth-order valence-corrected chi connectivity index (χ4v) is 1.83. The molecule has 0 aromatic heterocycles. The molecule has 0 radical (unpaired) electrons. The molecule has 17 heavy (non-hydrogen) atoms. The predicted octanol–water partition coefficient (Wildman–Crippen LogP) is 1.58. The van der Waals surface area contributed by atoms with E-state index in [0.29, 0.717) is 24.3 Å². The van der Waals surface area contributed by atoms with E-state index in [-0.39, 0.29) is 18.5 Å². The molecular weight excluding hydrogens is 220 g/mol. The van der Waals surface area contributed by atoms with Crippen LogP contribution in [-0.2, 0) is 4.79 Å². The topological polar surface area (TPSA) is 78.4 Å². The number of aliphatic carboxylic acids is 1. The first-order valence-electron chi connectivity index (χ1n) is 6.07. The lowest BCUT2D eigenvalue weighted by Crippen LogP contribution is -2.41. The number of amides is 2. The van der Waals surface area contributed by atoms with Crippen molar-refractivity contribution in [2.75, 3.05) is 6.54 Å². The first kappa shape index (κ1) is 13.8. The van der Waals surface area contributed by atoms with Gasteiger partial charge in [0.1, 0.15) is 0 Å². The minimum Gasteiger partial charge on any atom is -0.481 e. The van der Waals surface area contributed by atoms with Crippen molar-refractivity contribution in [3.8, 4) is 0 Å². The summed E-state index contributed by atoms with van der Waals surface area (Å²) in [6.45, 7) is 6.88. The van der Waals surface area contributed by atoms with E-state index in [2.05, 4.69) is 24.5 Å². The van der Waals surface area contributed by atoms with Crippen LogP contribution in [0.5, 0.6) is 0 Å². The van der Waals surface area contributed by atoms with Gasteiger partial charge in [0.25, 0.3) is 0 Å². The fraction of sp³-hybridized carbons (Fsp3) is 0.833. The Morgan fingerprint density at radius 1 is 1.47 bits per heavy atom. The second kappa shape index (κ2) is 5.38. The van der Waals surface area contributed by atoms with Crippen LogP contribution in [0, 0.1) is 11.3 Å². The highest BCUT2D eigenvalue weighted by atomic mass is 16.4. The van der Waals surface area contributed by atoms with Crippen molar-refractivity contribution in [3.05, 3.63) is 0 Å². The molecule has 98 valence electrons. The number of carbonyl (C=O) groups is 2. The van der Waals surface area contributed by atoms with Gasteiger partial charge in [0.15, 0.2) is 0 Å². The third kappa shape index (κ3) is 5.06. The monoisotopic (exact) mass is 242 g/mol. The standard InChI is InChI=1S/C12H22N2O3/c1-8(4-5-10(15)16)14-11(17)13-7-9-6-12(9,2)3/h8-9H,4-7H2,1-3H3,(H,15,16)(H2,13,14,17). The van der Waals surface area contributed by atoms with Crippen molar-refractivity contribution in [1.82, 2.24) is 10.6 Å². The highest BCUT2D eigenvalue weighted by Crippen LogP contribution is 2.50. The van der Waals surface area contributed by atoms with Gasteiger partial charge in [-0.15, -0.1) is 0 Å². The molecule has 0 aliphatic heterocycles. The molecule has 1 rings (SSSR count). The molecule has 5 heteroatoms. The number of hydrogen-bond donors (Lipinski definition) is 3. The number of urea groups is 1. The van der Waals surface area contributed by atoms with E-state index in [9.17, 15) is 9.59 Å². The Morgan fingerprint density at radius 3 is 2.53 bits per heavy atom. The van der Waals surface area contributed by atoms with E-state index < -0.39 is 5.97 Å². The van der Waals surface area contributed by atoms with Crippen LogP contribution in [0.4, 0.5) is 4.79 Å². The molecule has 0 aromatic carbocycles. The van der Waals surface area contributed by atoms with Crippen LogP contribution in [0.1, 0.15) is 40.0 Å². The van der Waals surface area contributed by atoms with Crippen molar-refractivity contribution in [2.45, 2.75) is 46.1 Å². The number of nitrogens with one attached hydrogen (secondary N) is 2. The van der Waals surface area contributed by atoms with E-state index in [1.54, 1.807) is 0 Å². The number of hydrogen-bond acceptors (Lipinski definition) is 2. The van der Waals surface area contributed by atoms with Gasteiger partial charge in [-0.2, -0.15) is 0 Å². The summed E-state index contributed by atoms with van der Waals surface area (Å²) in [7, 11) is 0. The summed E-state index contributed by atoms with van der Waals surface area (Å²) in [5.74, 6) is -0.263. The summed E-state index contributed by atoms with van der Waals surface area (Å²) in [5.41, 5.74) is 0.363. The van der Waals surface area contributed by atoms with Gasteiger partial charge in [-0.1, -0.05) is 13.8 Å². The van der Waals surface area contributed by atoms with Crippen molar-refractivity contribution >= 4 is 12.0 Å². The van der Waals surface area contributed by atoms with Gasteiger partial charge in [-0.25, -0.2) is 4.79 Å². The molecule has 3 N–H and O–H groups in total. The van der Waals surface area contributed by atoms with E-state index >= 15 is 0 Å². The van der Waals surface area contributed by atoms with Crippen LogP contribution in [0.15, 0.2) is 0 Å². The Kier molecular flexibility index (Phi) is 4.37. The molecule has 2 amide bonds. The Labute approximate surface area is 102 Å². The molecule has 2 unspecified atom stereocenters. The minimum atomic E-state index is -0.834. The van der Waals surface area contributed by atoms with Crippen molar-refractivity contribution in [1.29, 1.82) is 0 Å². The summed E-state index contributed by atoms with van der Waals surface area (Å²) in [4.78, 5) is 21.8. The van der Waals surface area contributed by atoms with Crippen LogP contribution in [0.25, 0.3) is 0 Å². The lowest BCUT2D eigenvalue weighted by Gasteiger charge is -2.14. The molecule has 1 fully saturated rings. The van der Waals surface area contributed by atoms with Gasteiger partial charge in [0.05, 0.1) is 0 Å². The maximum Gasteiger partial charge on any atom is 0.315 e. The molecule has 1 aliphatic rings. The zero-order chi connectivity index (χ0) is 13.1. The molecule has 0 spiro atoms. The normalized spacial score (nSPS) is 22.6. The molecule has 1 saturated carbocycles. The smallest absolute Gasteiger partial charge is 0.315 e. The second-order valence-electron chi connectivity index (χ2n) is 5.58. The molecule has 5 nitrogen and oxygen atoms in total. The molecule has 0 aromatic rings. The van der Waals surface area contributed by atoms with Crippen LogP contribution < -0.4 is 10.6 Å². The van der Waals surface area contributed by atoms with Gasteiger partial charge in [0.2, 0.25) is 0 Å². The highest BCUT2D eigenvalue weighted by molar-refractivity contribution is 5.74. The molecule has 0 saturated heterocycles. The van der Waals surface area contributed by atoms with Crippen LogP contribution in [0.2, 0.25) is 0 Å². The van der Waals surface area contributed by atoms with E-state index in [1.807, 2.05) is 6.92 Å². The second-order valence-corrected chi connectivity index (χ2v) is 5.58. The zero-order valence-electron chi connectivity index (χ0n) is 10.7. The summed E-state index contributed by atoms with van der Waals surface area (Å²) in [6, 6.07) is -0.316. The van der Waals surface area contributed by atoms with Gasteiger partial charge in [0, 0.05) is 19.0 Å². The first-order chi connectivity index (χ1) is 7.81. The van der Waals surface area contributed by atoms with Crippen molar-refractivity contribution < 1.29 is 14.7 Å². The van der Waals surface area contributed by atoms with Crippen molar-refractivity contribution in [3.63, 3.8) is 0 Å². The summed E-state index contributed by atoms with van der Waals surface area (Å²) in [5, 5.41) is 14.1. The third-order valence-electron chi connectivity index (χ3n) is 3.40. The summed E-state index contributed by atoms with van der Waals surface area (Å²) < 4.78 is 0. The van der Waals surface area contributed by atoms with Crippen LogP contribution >= 0.6 is 0 Å². The molecule has 2 atom stereocenters. The van der Waals surface area contributed by atoms with Gasteiger partial charge >= 0.3 is 12.0 Å². The largest absolute Gasteiger partial charge is 0.481 e. The predicted molar refractivity (Wildman–Crippen MR) is 64.8 cm³/mol. The maximum atomic E-state index is 11.5. The lowest BCUT2D eigenvalue weighted by molar-refractivity contribution is -0.137. The van der Waals surface area contributed by atoms with E-state index in [1.165, 1.54) is 0 Å². The Balaban J connectivity index is 2.10. The average molecular weight is 242 g/mol.